The second-order valence-corrected chi connectivity index (χ2v) is 8.92. The number of hydrogen-bond acceptors (Lipinski definition) is 5. The van der Waals surface area contributed by atoms with E-state index in [-0.39, 0.29) is 17.7 Å². The maximum Gasteiger partial charge on any atom is 0.326 e. The van der Waals surface area contributed by atoms with E-state index in [1.54, 1.807) is 17.0 Å². The lowest BCUT2D eigenvalue weighted by Crippen LogP contribution is -2.46. The summed E-state index contributed by atoms with van der Waals surface area (Å²) in [6, 6.07) is 18.6. The summed E-state index contributed by atoms with van der Waals surface area (Å²) in [5, 5.41) is 7.21. The normalized spacial score (nSPS) is 15.6. The van der Waals surface area contributed by atoms with Crippen LogP contribution in [0.1, 0.15) is 42.5 Å². The van der Waals surface area contributed by atoms with Gasteiger partial charge < -0.3 is 14.6 Å². The number of halogens is 1. The SMILES string of the molecule is CCOc1ccc(C2NC(=O)N(c3ccc(C)c(C)c3)C(C)=C2c2nc(-c3cccc(F)c3)no2)cc1. The monoisotopic (exact) mass is 498 g/mol. The van der Waals surface area contributed by atoms with Gasteiger partial charge in [-0.15, -0.1) is 0 Å². The Hall–Kier alpha value is -4.46. The number of hydrogen-bond donors (Lipinski definition) is 1. The van der Waals surface area contributed by atoms with Crippen molar-refractivity contribution >= 4 is 17.3 Å². The second-order valence-electron chi connectivity index (χ2n) is 8.92. The highest BCUT2D eigenvalue weighted by Gasteiger charge is 2.36. The van der Waals surface area contributed by atoms with Gasteiger partial charge in [0.25, 0.3) is 5.89 Å². The highest BCUT2D eigenvalue weighted by Crippen LogP contribution is 2.39. The molecule has 0 fully saturated rings. The van der Waals surface area contributed by atoms with E-state index in [4.69, 9.17) is 9.26 Å². The van der Waals surface area contributed by atoms with Crippen LogP contribution in [0, 0.1) is 19.7 Å². The van der Waals surface area contributed by atoms with E-state index in [1.165, 1.54) is 12.1 Å². The van der Waals surface area contributed by atoms with Gasteiger partial charge in [0.2, 0.25) is 5.82 Å². The number of amides is 2. The molecule has 3 aromatic carbocycles. The van der Waals surface area contributed by atoms with Gasteiger partial charge in [0.1, 0.15) is 11.6 Å². The maximum atomic E-state index is 13.8. The third-order valence-corrected chi connectivity index (χ3v) is 6.50. The van der Waals surface area contributed by atoms with Gasteiger partial charge in [0.05, 0.1) is 23.9 Å². The maximum absolute atomic E-state index is 13.8. The zero-order valence-electron chi connectivity index (χ0n) is 21.1. The van der Waals surface area contributed by atoms with Crippen molar-refractivity contribution in [2.24, 2.45) is 0 Å². The first kappa shape index (κ1) is 24.2. The quantitative estimate of drug-likeness (QED) is 0.324. The molecule has 0 radical (unpaired) electrons. The van der Waals surface area contributed by atoms with Crippen LogP contribution in [-0.2, 0) is 0 Å². The van der Waals surface area contributed by atoms with Gasteiger partial charge in [-0.05, 0) is 80.8 Å². The van der Waals surface area contributed by atoms with Crippen LogP contribution in [0.15, 0.2) is 77.0 Å². The molecule has 1 unspecified atom stereocenters. The Morgan fingerprint density at radius 1 is 1.03 bits per heavy atom. The van der Waals surface area contributed by atoms with E-state index in [1.807, 2.05) is 70.2 Å². The van der Waals surface area contributed by atoms with Crippen molar-refractivity contribution in [1.29, 1.82) is 0 Å². The van der Waals surface area contributed by atoms with Gasteiger partial charge in [0.15, 0.2) is 0 Å². The summed E-state index contributed by atoms with van der Waals surface area (Å²) in [5.41, 5.74) is 5.56. The third kappa shape index (κ3) is 4.70. The van der Waals surface area contributed by atoms with E-state index in [0.29, 0.717) is 23.4 Å². The van der Waals surface area contributed by atoms with Crippen molar-refractivity contribution in [2.75, 3.05) is 11.5 Å². The topological polar surface area (TPSA) is 80.5 Å². The molecule has 8 heteroatoms. The fourth-order valence-corrected chi connectivity index (χ4v) is 4.45. The molecule has 4 aromatic rings. The molecule has 37 heavy (non-hydrogen) atoms. The number of aryl methyl sites for hydroxylation is 2. The fourth-order valence-electron chi connectivity index (χ4n) is 4.45. The van der Waals surface area contributed by atoms with Crippen LogP contribution in [0.2, 0.25) is 0 Å². The minimum atomic E-state index is -0.549. The zero-order valence-corrected chi connectivity index (χ0v) is 21.1. The van der Waals surface area contributed by atoms with Gasteiger partial charge in [0, 0.05) is 11.3 Å². The van der Waals surface area contributed by atoms with Crippen molar-refractivity contribution in [3.8, 4) is 17.1 Å². The Morgan fingerprint density at radius 3 is 2.51 bits per heavy atom. The molecule has 0 saturated carbocycles. The Kier molecular flexibility index (Phi) is 6.48. The lowest BCUT2D eigenvalue weighted by atomic mass is 9.94. The molecule has 5 rings (SSSR count). The number of allylic oxidation sites excluding steroid dienone is 1. The van der Waals surface area contributed by atoms with Crippen LogP contribution in [0.5, 0.6) is 5.75 Å². The number of nitrogens with one attached hydrogen (secondary N) is 1. The average Bonchev–Trinajstić information content (AvgIpc) is 3.36. The van der Waals surface area contributed by atoms with Crippen LogP contribution >= 0.6 is 0 Å². The molecule has 1 atom stereocenters. The van der Waals surface area contributed by atoms with E-state index < -0.39 is 11.9 Å². The minimum absolute atomic E-state index is 0.240. The summed E-state index contributed by atoms with van der Waals surface area (Å²) in [5.74, 6) is 0.843. The Labute approximate surface area is 214 Å². The summed E-state index contributed by atoms with van der Waals surface area (Å²) >= 11 is 0. The number of ether oxygens (including phenoxy) is 1. The highest BCUT2D eigenvalue weighted by atomic mass is 19.1. The van der Waals surface area contributed by atoms with E-state index in [9.17, 15) is 9.18 Å². The molecule has 0 spiro atoms. The number of nitrogens with zero attached hydrogens (tertiary/aromatic N) is 3. The predicted octanol–water partition coefficient (Wildman–Crippen LogP) is 6.59. The molecule has 1 aromatic heterocycles. The Bertz CT molecular complexity index is 1490. The molecule has 0 aliphatic carbocycles. The number of carbonyl (C=O) groups is 1. The Balaban J connectivity index is 1.64. The summed E-state index contributed by atoms with van der Waals surface area (Å²) in [7, 11) is 0. The zero-order chi connectivity index (χ0) is 26.1. The average molecular weight is 499 g/mol. The van der Waals surface area contributed by atoms with Crippen molar-refractivity contribution in [3.05, 3.63) is 101 Å². The summed E-state index contributed by atoms with van der Waals surface area (Å²) in [4.78, 5) is 19.7. The predicted molar refractivity (Wildman–Crippen MR) is 140 cm³/mol. The molecule has 1 aliphatic rings. The van der Waals surface area contributed by atoms with E-state index in [2.05, 4.69) is 15.5 Å². The van der Waals surface area contributed by atoms with E-state index >= 15 is 0 Å². The first-order valence-corrected chi connectivity index (χ1v) is 12.1. The molecule has 7 nitrogen and oxygen atoms in total. The van der Waals surface area contributed by atoms with Crippen molar-refractivity contribution in [3.63, 3.8) is 0 Å². The van der Waals surface area contributed by atoms with Gasteiger partial charge >= 0.3 is 6.03 Å². The van der Waals surface area contributed by atoms with Crippen LogP contribution < -0.4 is 15.0 Å². The molecular weight excluding hydrogens is 471 g/mol. The minimum Gasteiger partial charge on any atom is -0.494 e. The molecular formula is C29H27FN4O3. The number of aromatic nitrogens is 2. The smallest absolute Gasteiger partial charge is 0.326 e. The molecule has 2 amide bonds. The number of benzene rings is 3. The lowest BCUT2D eigenvalue weighted by Gasteiger charge is -2.35. The Morgan fingerprint density at radius 2 is 1.81 bits per heavy atom. The van der Waals surface area contributed by atoms with Crippen LogP contribution in [0.25, 0.3) is 17.0 Å². The fraction of sp³-hybridized carbons (Fsp3) is 0.207. The van der Waals surface area contributed by atoms with Crippen LogP contribution in [0.4, 0.5) is 14.9 Å². The number of urea groups is 1. The molecule has 2 heterocycles. The standard InChI is InChI=1S/C29H27FN4O3/c1-5-36-24-13-10-20(11-14-24)26-25(28-32-27(33-37-28)21-7-6-8-22(30)16-21)19(4)34(29(35)31-26)23-12-9-17(2)18(3)15-23/h6-16,26H,5H2,1-4H3,(H,31,35). The lowest BCUT2D eigenvalue weighted by molar-refractivity contribution is 0.244. The molecule has 0 bridgehead atoms. The van der Waals surface area contributed by atoms with E-state index in [0.717, 1.165) is 28.1 Å². The number of carbonyl (C=O) groups excluding carboxylic acids is 1. The summed E-state index contributed by atoms with van der Waals surface area (Å²) in [6.07, 6.45) is 0. The third-order valence-electron chi connectivity index (χ3n) is 6.50. The molecule has 0 saturated heterocycles. The van der Waals surface area contributed by atoms with Crippen LogP contribution in [0.3, 0.4) is 0 Å². The number of anilines is 1. The second kappa shape index (κ2) is 9.89. The van der Waals surface area contributed by atoms with Gasteiger partial charge in [-0.3, -0.25) is 4.90 Å². The van der Waals surface area contributed by atoms with Crippen molar-refractivity contribution in [2.45, 2.75) is 33.7 Å². The summed E-state index contributed by atoms with van der Waals surface area (Å²) in [6.45, 7) is 8.37. The first-order chi connectivity index (χ1) is 17.9. The van der Waals surface area contributed by atoms with Crippen LogP contribution in [-0.4, -0.2) is 22.8 Å². The number of rotatable bonds is 6. The van der Waals surface area contributed by atoms with Gasteiger partial charge in [-0.2, -0.15) is 4.98 Å². The molecule has 1 aliphatic heterocycles. The highest BCUT2D eigenvalue weighted by molar-refractivity contribution is 6.01. The van der Waals surface area contributed by atoms with Gasteiger partial charge in [-0.1, -0.05) is 35.5 Å². The van der Waals surface area contributed by atoms with Crippen molar-refractivity contribution in [1.82, 2.24) is 15.5 Å². The summed E-state index contributed by atoms with van der Waals surface area (Å²) < 4.78 is 25.1. The molecule has 188 valence electrons. The van der Waals surface area contributed by atoms with Crippen molar-refractivity contribution < 1.29 is 18.4 Å². The molecule has 1 N–H and O–H groups in total. The first-order valence-electron chi connectivity index (χ1n) is 12.1. The largest absolute Gasteiger partial charge is 0.494 e. The van der Waals surface area contributed by atoms with Gasteiger partial charge in [-0.25, -0.2) is 9.18 Å².